The van der Waals surface area contributed by atoms with Crippen molar-refractivity contribution in [1.29, 1.82) is 0 Å². The molecule has 8 heteroatoms. The average molecular weight is 473 g/mol. The van der Waals surface area contributed by atoms with Crippen LogP contribution in [0.4, 0.5) is 14.5 Å². The second kappa shape index (κ2) is 5.98. The summed E-state index contributed by atoms with van der Waals surface area (Å²) in [5.41, 5.74) is -0.208. The number of anilines is 1. The van der Waals surface area contributed by atoms with E-state index < -0.39 is 27.3 Å². The van der Waals surface area contributed by atoms with Crippen molar-refractivity contribution in [2.75, 3.05) is 11.9 Å². The van der Waals surface area contributed by atoms with E-state index in [-0.39, 0.29) is 12.6 Å². The van der Waals surface area contributed by atoms with Gasteiger partial charge in [-0.25, -0.2) is 13.8 Å². The zero-order valence-electron chi connectivity index (χ0n) is 14.2. The number of halogens is 3. The molecule has 1 aromatic carbocycles. The SMILES string of the molecule is Cc1nccn1C(C)c1ccc(NC(=O)[C@]23C(I)OC[C@H]2C3(F)F)cc1. The van der Waals surface area contributed by atoms with Gasteiger partial charge in [0.05, 0.1) is 18.6 Å². The molecule has 2 heterocycles. The van der Waals surface area contributed by atoms with Crippen molar-refractivity contribution in [1.82, 2.24) is 9.55 Å². The Labute approximate surface area is 163 Å². The minimum Gasteiger partial charge on any atom is -0.366 e. The van der Waals surface area contributed by atoms with Gasteiger partial charge in [0.15, 0.2) is 5.41 Å². The van der Waals surface area contributed by atoms with Gasteiger partial charge in [-0.3, -0.25) is 4.79 Å². The van der Waals surface area contributed by atoms with Crippen molar-refractivity contribution in [3.05, 3.63) is 48.0 Å². The monoisotopic (exact) mass is 473 g/mol. The number of amides is 1. The van der Waals surface area contributed by atoms with Crippen molar-refractivity contribution >= 4 is 34.2 Å². The van der Waals surface area contributed by atoms with E-state index in [1.165, 1.54) is 0 Å². The number of fused-ring (bicyclic) bond motifs is 1. The van der Waals surface area contributed by atoms with E-state index in [1.54, 1.807) is 40.9 Å². The highest BCUT2D eigenvalue weighted by Gasteiger charge is 2.90. The summed E-state index contributed by atoms with van der Waals surface area (Å²) in [4.78, 5) is 16.8. The first-order valence-electron chi connectivity index (χ1n) is 8.34. The Kier molecular flexibility index (Phi) is 4.11. The molecular formula is C18H18F2IN3O2. The first-order valence-corrected chi connectivity index (χ1v) is 9.59. The molecule has 1 aliphatic heterocycles. The van der Waals surface area contributed by atoms with Gasteiger partial charge in [-0.2, -0.15) is 0 Å². The van der Waals surface area contributed by atoms with E-state index >= 15 is 0 Å². The summed E-state index contributed by atoms with van der Waals surface area (Å²) in [6.07, 6.45) is 3.65. The Balaban J connectivity index is 1.50. The lowest BCUT2D eigenvalue weighted by Crippen LogP contribution is -2.36. The number of rotatable bonds is 4. The molecule has 1 amide bonds. The van der Waals surface area contributed by atoms with E-state index in [0.717, 1.165) is 11.4 Å². The number of imidazole rings is 1. The lowest BCUT2D eigenvalue weighted by atomic mass is 10.0. The Bertz CT molecular complexity index is 854. The highest BCUT2D eigenvalue weighted by atomic mass is 127. The van der Waals surface area contributed by atoms with Crippen LogP contribution in [0, 0.1) is 18.3 Å². The number of carbonyl (C=O) groups excluding carboxylic acids is 1. The van der Waals surface area contributed by atoms with Gasteiger partial charge in [0.2, 0.25) is 5.91 Å². The molecule has 2 aromatic rings. The van der Waals surface area contributed by atoms with Crippen LogP contribution in [0.15, 0.2) is 36.7 Å². The second-order valence-electron chi connectivity index (χ2n) is 6.83. The van der Waals surface area contributed by atoms with E-state index in [2.05, 4.69) is 10.3 Å². The van der Waals surface area contributed by atoms with Crippen LogP contribution in [-0.4, -0.2) is 32.1 Å². The highest BCUT2D eigenvalue weighted by Crippen LogP contribution is 2.73. The number of alkyl halides is 3. The number of aromatic nitrogens is 2. The first-order chi connectivity index (χ1) is 12.3. The Hall–Kier alpha value is -1.55. The molecule has 138 valence electrons. The molecule has 2 fully saturated rings. The summed E-state index contributed by atoms with van der Waals surface area (Å²) in [6.45, 7) is 3.91. The van der Waals surface area contributed by atoms with Gasteiger partial charge in [0, 0.05) is 18.1 Å². The number of benzene rings is 1. The molecule has 26 heavy (non-hydrogen) atoms. The van der Waals surface area contributed by atoms with Crippen LogP contribution in [0.1, 0.15) is 24.4 Å². The van der Waals surface area contributed by atoms with Crippen LogP contribution in [0.25, 0.3) is 0 Å². The third-order valence-electron chi connectivity index (χ3n) is 5.53. The highest BCUT2D eigenvalue weighted by molar-refractivity contribution is 14.1. The van der Waals surface area contributed by atoms with Gasteiger partial charge in [-0.05, 0) is 54.1 Å². The fourth-order valence-corrected chi connectivity index (χ4v) is 5.14. The van der Waals surface area contributed by atoms with Gasteiger partial charge in [-0.1, -0.05) is 12.1 Å². The summed E-state index contributed by atoms with van der Waals surface area (Å²) < 4.78 is 34.7. The average Bonchev–Trinajstić information content (AvgIpc) is 2.93. The van der Waals surface area contributed by atoms with Crippen LogP contribution in [0.3, 0.4) is 0 Å². The number of nitrogens with zero attached hydrogens (tertiary/aromatic N) is 2. The molecule has 1 aliphatic carbocycles. The normalized spacial score (nSPS) is 29.9. The topological polar surface area (TPSA) is 56.2 Å². The maximum Gasteiger partial charge on any atom is 0.272 e. The van der Waals surface area contributed by atoms with Gasteiger partial charge in [0.25, 0.3) is 5.92 Å². The summed E-state index contributed by atoms with van der Waals surface area (Å²) >= 11 is 1.79. The Morgan fingerprint density at radius 1 is 1.42 bits per heavy atom. The van der Waals surface area contributed by atoms with Gasteiger partial charge in [0.1, 0.15) is 9.94 Å². The van der Waals surface area contributed by atoms with Crippen molar-refractivity contribution in [3.63, 3.8) is 0 Å². The number of hydrogen-bond acceptors (Lipinski definition) is 3. The van der Waals surface area contributed by atoms with Crippen molar-refractivity contribution < 1.29 is 18.3 Å². The number of aryl methyl sites for hydroxylation is 1. The molecule has 5 nitrogen and oxygen atoms in total. The van der Waals surface area contributed by atoms with Gasteiger partial charge < -0.3 is 14.6 Å². The molecule has 4 atom stereocenters. The fraction of sp³-hybridized carbons (Fsp3) is 0.444. The molecule has 1 saturated carbocycles. The van der Waals surface area contributed by atoms with Gasteiger partial charge in [-0.15, -0.1) is 0 Å². The van der Waals surface area contributed by atoms with E-state index in [9.17, 15) is 13.6 Å². The van der Waals surface area contributed by atoms with Crippen LogP contribution < -0.4 is 5.32 Å². The zero-order chi connectivity index (χ0) is 18.7. The van der Waals surface area contributed by atoms with Crippen LogP contribution in [-0.2, 0) is 9.53 Å². The minimum absolute atomic E-state index is 0.0747. The summed E-state index contributed by atoms with van der Waals surface area (Å²) in [7, 11) is 0. The lowest BCUT2D eigenvalue weighted by Gasteiger charge is -2.20. The van der Waals surface area contributed by atoms with Crippen molar-refractivity contribution in [2.45, 2.75) is 29.9 Å². The second-order valence-corrected chi connectivity index (χ2v) is 7.96. The quantitative estimate of drug-likeness (QED) is 0.544. The van der Waals surface area contributed by atoms with Crippen molar-refractivity contribution in [3.8, 4) is 0 Å². The number of nitrogens with one attached hydrogen (secondary N) is 1. The fourth-order valence-electron chi connectivity index (χ4n) is 3.80. The van der Waals surface area contributed by atoms with E-state index in [0.29, 0.717) is 5.69 Å². The molecule has 2 unspecified atom stereocenters. The molecule has 1 saturated heterocycles. The molecule has 1 aromatic heterocycles. The zero-order valence-corrected chi connectivity index (χ0v) is 16.4. The standard InChI is InChI=1S/C18H18F2IN3O2/c1-10(24-8-7-22-11(24)2)12-3-5-13(6-4-12)23-16(25)17-14(18(17,19)20)9-26-15(17)21/h3-8,10,14-15H,9H2,1-2H3,(H,23,25)/t10?,14-,15?,17-/m1/s1. The molecule has 4 rings (SSSR count). The Morgan fingerprint density at radius 2 is 2.12 bits per heavy atom. The van der Waals surface area contributed by atoms with Gasteiger partial charge >= 0.3 is 0 Å². The predicted molar refractivity (Wildman–Crippen MR) is 100 cm³/mol. The summed E-state index contributed by atoms with van der Waals surface area (Å²) in [5.74, 6) is -3.80. The number of hydrogen-bond donors (Lipinski definition) is 1. The van der Waals surface area contributed by atoms with Crippen LogP contribution in [0.2, 0.25) is 0 Å². The van der Waals surface area contributed by atoms with Crippen molar-refractivity contribution in [2.24, 2.45) is 11.3 Å². The molecular weight excluding hydrogens is 455 g/mol. The van der Waals surface area contributed by atoms with Crippen LogP contribution >= 0.6 is 22.6 Å². The largest absolute Gasteiger partial charge is 0.366 e. The predicted octanol–water partition coefficient (Wildman–Crippen LogP) is 3.78. The first kappa shape index (κ1) is 17.8. The lowest BCUT2D eigenvalue weighted by molar-refractivity contribution is -0.127. The Morgan fingerprint density at radius 3 is 2.65 bits per heavy atom. The third kappa shape index (κ3) is 2.34. The smallest absolute Gasteiger partial charge is 0.272 e. The maximum absolute atomic E-state index is 14.1. The molecule has 0 spiro atoms. The van der Waals surface area contributed by atoms with E-state index in [4.69, 9.17) is 4.74 Å². The summed E-state index contributed by atoms with van der Waals surface area (Å²) in [5, 5.41) is 2.64. The minimum atomic E-state index is -3.01. The summed E-state index contributed by atoms with van der Waals surface area (Å²) in [6, 6.07) is 7.32. The maximum atomic E-state index is 14.1. The molecule has 0 radical (unpaired) electrons. The molecule has 0 bridgehead atoms. The number of carbonyl (C=O) groups is 1. The van der Waals surface area contributed by atoms with E-state index in [1.807, 2.05) is 36.7 Å². The molecule has 2 aliphatic rings. The molecule has 1 N–H and O–H groups in total. The number of ether oxygens (including phenoxy) is 1. The van der Waals surface area contributed by atoms with Crippen LogP contribution in [0.5, 0.6) is 0 Å². The third-order valence-corrected chi connectivity index (χ3v) is 6.87.